The number of nitrogens with two attached hydrogens (primary N) is 1. The van der Waals surface area contributed by atoms with Crippen molar-refractivity contribution < 1.29 is 13.2 Å². The van der Waals surface area contributed by atoms with Crippen molar-refractivity contribution in [2.75, 3.05) is 17.6 Å². The molecule has 5 nitrogen and oxygen atoms in total. The highest BCUT2D eigenvalue weighted by atomic mass is 79.9. The summed E-state index contributed by atoms with van der Waals surface area (Å²) >= 11 is 3.31. The van der Waals surface area contributed by atoms with Crippen LogP contribution in [0.3, 0.4) is 0 Å². The lowest BCUT2D eigenvalue weighted by atomic mass is 10.2. The molecule has 2 aromatic carbocycles. The van der Waals surface area contributed by atoms with Crippen LogP contribution in [0, 0.1) is 6.92 Å². The van der Waals surface area contributed by atoms with E-state index < -0.39 is 10.0 Å². The number of sulfonamides is 1. The predicted molar refractivity (Wildman–Crippen MR) is 87.1 cm³/mol. The number of aryl methyl sites for hydroxylation is 1. The van der Waals surface area contributed by atoms with Gasteiger partial charge in [-0.05, 0) is 42.8 Å². The van der Waals surface area contributed by atoms with Gasteiger partial charge in [0.05, 0.1) is 17.7 Å². The monoisotopic (exact) mass is 370 g/mol. The first-order chi connectivity index (χ1) is 9.80. The second-order valence-electron chi connectivity index (χ2n) is 4.56. The van der Waals surface area contributed by atoms with Crippen LogP contribution in [0.2, 0.25) is 0 Å². The fraction of sp³-hybridized carbons (Fsp3) is 0.143. The van der Waals surface area contributed by atoms with Gasteiger partial charge in [-0.1, -0.05) is 15.9 Å². The summed E-state index contributed by atoms with van der Waals surface area (Å²) in [7, 11) is -2.19. The van der Waals surface area contributed by atoms with E-state index in [0.717, 1.165) is 5.56 Å². The fourth-order valence-corrected chi connectivity index (χ4v) is 3.54. The molecule has 0 amide bonds. The zero-order chi connectivity index (χ0) is 15.6. The molecule has 7 heteroatoms. The Morgan fingerprint density at radius 3 is 2.48 bits per heavy atom. The highest BCUT2D eigenvalue weighted by Crippen LogP contribution is 2.27. The van der Waals surface area contributed by atoms with E-state index in [0.29, 0.717) is 21.6 Å². The molecule has 0 unspecified atom stereocenters. The maximum Gasteiger partial charge on any atom is 0.261 e. The summed E-state index contributed by atoms with van der Waals surface area (Å²) in [5.74, 6) is 0.547. The number of hydrogen-bond acceptors (Lipinski definition) is 4. The third kappa shape index (κ3) is 3.89. The number of anilines is 2. The molecular weight excluding hydrogens is 356 g/mol. The van der Waals surface area contributed by atoms with Crippen LogP contribution in [0.25, 0.3) is 0 Å². The van der Waals surface area contributed by atoms with E-state index in [2.05, 4.69) is 20.7 Å². The van der Waals surface area contributed by atoms with Gasteiger partial charge in [0.2, 0.25) is 0 Å². The second kappa shape index (κ2) is 5.95. The van der Waals surface area contributed by atoms with Crippen molar-refractivity contribution in [1.82, 2.24) is 0 Å². The first-order valence-corrected chi connectivity index (χ1v) is 8.32. The van der Waals surface area contributed by atoms with E-state index in [4.69, 9.17) is 10.5 Å². The topological polar surface area (TPSA) is 81.4 Å². The lowest BCUT2D eigenvalue weighted by Gasteiger charge is -2.11. The van der Waals surface area contributed by atoms with E-state index in [1.807, 2.05) is 0 Å². The number of halogens is 1. The maximum atomic E-state index is 12.4. The molecule has 0 saturated heterocycles. The van der Waals surface area contributed by atoms with Crippen molar-refractivity contribution in [3.05, 3.63) is 46.4 Å². The number of nitrogen functional groups attached to an aromatic ring is 1. The van der Waals surface area contributed by atoms with Gasteiger partial charge in [-0.3, -0.25) is 4.72 Å². The number of benzene rings is 2. The van der Waals surface area contributed by atoms with Crippen LogP contribution in [0.1, 0.15) is 5.56 Å². The zero-order valence-electron chi connectivity index (χ0n) is 11.6. The van der Waals surface area contributed by atoms with Gasteiger partial charge in [0.1, 0.15) is 5.75 Å². The smallest absolute Gasteiger partial charge is 0.261 e. The number of hydrogen-bond donors (Lipinski definition) is 2. The molecule has 0 heterocycles. The minimum atomic E-state index is -3.71. The molecule has 0 aromatic heterocycles. The third-order valence-corrected chi connectivity index (χ3v) is 4.56. The summed E-state index contributed by atoms with van der Waals surface area (Å²) in [6.07, 6.45) is 0. The largest absolute Gasteiger partial charge is 0.497 e. The van der Waals surface area contributed by atoms with Gasteiger partial charge in [-0.2, -0.15) is 0 Å². The molecule has 0 spiro atoms. The molecule has 21 heavy (non-hydrogen) atoms. The van der Waals surface area contributed by atoms with Crippen molar-refractivity contribution >= 4 is 37.3 Å². The molecule has 0 aliphatic heterocycles. The van der Waals surface area contributed by atoms with Gasteiger partial charge in [-0.15, -0.1) is 0 Å². The summed E-state index contributed by atoms with van der Waals surface area (Å²) in [5.41, 5.74) is 7.29. The molecule has 3 N–H and O–H groups in total. The molecule has 0 radical (unpaired) electrons. The number of ether oxygens (including phenoxy) is 1. The van der Waals surface area contributed by atoms with Crippen LogP contribution in [-0.2, 0) is 10.0 Å². The first-order valence-electron chi connectivity index (χ1n) is 6.05. The Labute approximate surface area is 132 Å². The summed E-state index contributed by atoms with van der Waals surface area (Å²) in [6.45, 7) is 1.79. The van der Waals surface area contributed by atoms with E-state index in [1.165, 1.54) is 13.2 Å². The predicted octanol–water partition coefficient (Wildman–Crippen LogP) is 3.15. The highest BCUT2D eigenvalue weighted by Gasteiger charge is 2.16. The molecule has 112 valence electrons. The Kier molecular flexibility index (Phi) is 4.43. The van der Waals surface area contributed by atoms with E-state index in [9.17, 15) is 8.42 Å². The number of methoxy groups -OCH3 is 1. The summed E-state index contributed by atoms with van der Waals surface area (Å²) < 4.78 is 33.1. The van der Waals surface area contributed by atoms with Crippen molar-refractivity contribution in [1.29, 1.82) is 0 Å². The summed E-state index contributed by atoms with van der Waals surface area (Å²) in [4.78, 5) is 0.124. The van der Waals surface area contributed by atoms with Gasteiger partial charge in [0.25, 0.3) is 10.0 Å². The van der Waals surface area contributed by atoms with Gasteiger partial charge in [-0.25, -0.2) is 8.42 Å². The zero-order valence-corrected chi connectivity index (χ0v) is 14.0. The van der Waals surface area contributed by atoms with Crippen LogP contribution >= 0.6 is 15.9 Å². The fourth-order valence-electron chi connectivity index (χ4n) is 1.89. The lowest BCUT2D eigenvalue weighted by Crippen LogP contribution is -2.13. The normalized spacial score (nSPS) is 11.2. The quantitative estimate of drug-likeness (QED) is 0.809. The molecule has 0 saturated carbocycles. The van der Waals surface area contributed by atoms with Crippen molar-refractivity contribution in [3.8, 4) is 5.75 Å². The summed E-state index contributed by atoms with van der Waals surface area (Å²) in [6, 6.07) is 9.68. The number of rotatable bonds is 4. The Morgan fingerprint density at radius 2 is 1.86 bits per heavy atom. The van der Waals surface area contributed by atoms with Crippen molar-refractivity contribution in [3.63, 3.8) is 0 Å². The van der Waals surface area contributed by atoms with E-state index >= 15 is 0 Å². The van der Waals surface area contributed by atoms with Crippen LogP contribution < -0.4 is 15.2 Å². The lowest BCUT2D eigenvalue weighted by molar-refractivity contribution is 0.415. The van der Waals surface area contributed by atoms with E-state index in [-0.39, 0.29) is 4.90 Å². The average Bonchev–Trinajstić information content (AvgIpc) is 2.36. The maximum absolute atomic E-state index is 12.4. The van der Waals surface area contributed by atoms with Gasteiger partial charge in [0, 0.05) is 16.2 Å². The Bertz CT molecular complexity index is 756. The average molecular weight is 371 g/mol. The standard InChI is InChI=1S/C14H15BrN2O3S/c1-9-3-11(16)7-14(4-9)21(18,19)17-12-5-10(15)6-13(8-12)20-2/h3-8,17H,16H2,1-2H3. The Morgan fingerprint density at radius 1 is 1.14 bits per heavy atom. The van der Waals surface area contributed by atoms with Crippen LogP contribution in [-0.4, -0.2) is 15.5 Å². The van der Waals surface area contributed by atoms with E-state index in [1.54, 1.807) is 37.3 Å². The molecule has 2 aromatic rings. The second-order valence-corrected chi connectivity index (χ2v) is 7.16. The minimum absolute atomic E-state index is 0.124. The Balaban J connectivity index is 2.39. The SMILES string of the molecule is COc1cc(Br)cc(NS(=O)(=O)c2cc(C)cc(N)c2)c1. The van der Waals surface area contributed by atoms with Crippen molar-refractivity contribution in [2.24, 2.45) is 0 Å². The third-order valence-electron chi connectivity index (χ3n) is 2.74. The minimum Gasteiger partial charge on any atom is -0.497 e. The summed E-state index contributed by atoms with van der Waals surface area (Å²) in [5, 5.41) is 0. The van der Waals surface area contributed by atoms with Crippen LogP contribution in [0.5, 0.6) is 5.75 Å². The molecule has 0 bridgehead atoms. The highest BCUT2D eigenvalue weighted by molar-refractivity contribution is 9.10. The molecule has 0 fully saturated rings. The molecule has 0 atom stereocenters. The Hall–Kier alpha value is -1.73. The van der Waals surface area contributed by atoms with Crippen LogP contribution in [0.15, 0.2) is 45.8 Å². The molecular formula is C14H15BrN2O3S. The molecule has 0 aliphatic rings. The first kappa shape index (κ1) is 15.7. The molecule has 2 rings (SSSR count). The molecule has 0 aliphatic carbocycles. The van der Waals surface area contributed by atoms with Crippen LogP contribution in [0.4, 0.5) is 11.4 Å². The van der Waals surface area contributed by atoms with Gasteiger partial charge < -0.3 is 10.5 Å². The van der Waals surface area contributed by atoms with Crippen molar-refractivity contribution in [2.45, 2.75) is 11.8 Å². The van der Waals surface area contributed by atoms with Gasteiger partial charge >= 0.3 is 0 Å². The van der Waals surface area contributed by atoms with Gasteiger partial charge in [0.15, 0.2) is 0 Å². The number of nitrogens with one attached hydrogen (secondary N) is 1.